The maximum absolute atomic E-state index is 13.3. The van der Waals surface area contributed by atoms with E-state index in [1.54, 1.807) is 30.3 Å². The summed E-state index contributed by atoms with van der Waals surface area (Å²) in [5.41, 5.74) is 4.73. The SMILES string of the molecule is COc1ccc([C@H]2Nc3ccc(S(=O)(=O)Nc4c(C)cccc4C)cc3[C@H]3C=CC[C@H]32)cc1[N+](=O)[O-]. The molecule has 0 saturated heterocycles. The van der Waals surface area contributed by atoms with Crippen LogP contribution in [0.4, 0.5) is 17.1 Å². The molecule has 1 aliphatic carbocycles. The van der Waals surface area contributed by atoms with Crippen LogP contribution in [0.2, 0.25) is 0 Å². The summed E-state index contributed by atoms with van der Waals surface area (Å²) in [6.45, 7) is 3.75. The van der Waals surface area contributed by atoms with Gasteiger partial charge in [-0.2, -0.15) is 0 Å². The summed E-state index contributed by atoms with van der Waals surface area (Å²) in [6, 6.07) is 15.6. The first-order chi connectivity index (χ1) is 17.2. The normalized spacial score (nSPS) is 20.2. The molecule has 0 unspecified atom stereocenters. The number of fused-ring (bicyclic) bond motifs is 3. The minimum atomic E-state index is -3.80. The van der Waals surface area contributed by atoms with E-state index in [1.165, 1.54) is 7.11 Å². The van der Waals surface area contributed by atoms with Crippen LogP contribution in [0.1, 0.15) is 40.6 Å². The van der Waals surface area contributed by atoms with Crippen molar-refractivity contribution in [3.8, 4) is 5.75 Å². The van der Waals surface area contributed by atoms with Crippen molar-refractivity contribution in [2.45, 2.75) is 37.1 Å². The van der Waals surface area contributed by atoms with Crippen LogP contribution in [0.15, 0.2) is 71.6 Å². The first-order valence-electron chi connectivity index (χ1n) is 11.7. The molecule has 8 nitrogen and oxygen atoms in total. The van der Waals surface area contributed by atoms with Crippen molar-refractivity contribution < 1.29 is 18.1 Å². The van der Waals surface area contributed by atoms with Crippen LogP contribution in [0.5, 0.6) is 5.75 Å². The maximum atomic E-state index is 13.3. The van der Waals surface area contributed by atoms with Gasteiger partial charge in [0.1, 0.15) is 0 Å². The number of allylic oxidation sites excluding steroid dienone is 2. The first-order valence-corrected chi connectivity index (χ1v) is 13.2. The number of ether oxygens (including phenoxy) is 1. The second-order valence-electron chi connectivity index (χ2n) is 9.29. The number of methoxy groups -OCH3 is 1. The molecule has 2 aliphatic rings. The summed E-state index contributed by atoms with van der Waals surface area (Å²) in [6.07, 6.45) is 4.97. The number of rotatable bonds is 6. The van der Waals surface area contributed by atoms with E-state index in [9.17, 15) is 18.5 Å². The lowest BCUT2D eigenvalue weighted by Gasteiger charge is -2.37. The Hall–Kier alpha value is -3.85. The molecule has 0 bridgehead atoms. The summed E-state index contributed by atoms with van der Waals surface area (Å²) in [5, 5.41) is 15.1. The highest BCUT2D eigenvalue weighted by Gasteiger charge is 2.39. The number of nitro benzene ring substituents is 1. The highest BCUT2D eigenvalue weighted by atomic mass is 32.2. The predicted octanol–water partition coefficient (Wildman–Crippen LogP) is 5.85. The van der Waals surface area contributed by atoms with Gasteiger partial charge in [-0.3, -0.25) is 14.8 Å². The fourth-order valence-corrected chi connectivity index (χ4v) is 6.52. The lowest BCUT2D eigenvalue weighted by atomic mass is 9.77. The summed E-state index contributed by atoms with van der Waals surface area (Å²) >= 11 is 0. The molecule has 5 rings (SSSR count). The standard InChI is InChI=1S/C27H27N3O5S/c1-16-6-4-7-17(2)26(16)29-36(33,34)19-11-12-23-22(15-19)20-8-5-9-21(20)27(28-23)18-10-13-25(35-3)24(14-18)30(31)32/h4-8,10-15,20-21,27-29H,9H2,1-3H3/t20-,21+,27+/m0/s1. The fourth-order valence-electron chi connectivity index (χ4n) is 5.28. The lowest BCUT2D eigenvalue weighted by molar-refractivity contribution is -0.385. The highest BCUT2D eigenvalue weighted by molar-refractivity contribution is 7.92. The predicted molar refractivity (Wildman–Crippen MR) is 139 cm³/mol. The van der Waals surface area contributed by atoms with Crippen molar-refractivity contribution in [2.75, 3.05) is 17.1 Å². The van der Waals surface area contributed by atoms with Crippen LogP contribution in [0.25, 0.3) is 0 Å². The van der Waals surface area contributed by atoms with Crippen LogP contribution in [0.3, 0.4) is 0 Å². The number of nitro groups is 1. The first kappa shape index (κ1) is 23.9. The molecule has 0 amide bonds. The zero-order valence-corrected chi connectivity index (χ0v) is 21.0. The Morgan fingerprint density at radius 2 is 1.83 bits per heavy atom. The van der Waals surface area contributed by atoms with Gasteiger partial charge in [0.25, 0.3) is 10.0 Å². The minimum absolute atomic E-state index is 0.0113. The quantitative estimate of drug-likeness (QED) is 0.247. The van der Waals surface area contributed by atoms with Crippen molar-refractivity contribution in [3.05, 3.63) is 99.1 Å². The number of sulfonamides is 1. The third kappa shape index (κ3) is 4.09. The van der Waals surface area contributed by atoms with Gasteiger partial charge >= 0.3 is 5.69 Å². The summed E-state index contributed by atoms with van der Waals surface area (Å²) in [4.78, 5) is 11.3. The number of para-hydroxylation sites is 1. The number of aryl methyl sites for hydroxylation is 2. The lowest BCUT2D eigenvalue weighted by Crippen LogP contribution is -2.29. The van der Waals surface area contributed by atoms with E-state index in [4.69, 9.17) is 4.74 Å². The van der Waals surface area contributed by atoms with Crippen molar-refractivity contribution in [2.24, 2.45) is 5.92 Å². The molecule has 0 fully saturated rings. The van der Waals surface area contributed by atoms with Crippen molar-refractivity contribution in [3.63, 3.8) is 0 Å². The Morgan fingerprint density at radius 3 is 2.53 bits per heavy atom. The molecule has 0 radical (unpaired) electrons. The van der Waals surface area contributed by atoms with Gasteiger partial charge in [0.05, 0.1) is 28.7 Å². The van der Waals surface area contributed by atoms with E-state index in [0.29, 0.717) is 5.69 Å². The zero-order valence-electron chi connectivity index (χ0n) is 20.2. The molecule has 36 heavy (non-hydrogen) atoms. The topological polar surface area (TPSA) is 111 Å². The Kier molecular flexibility index (Phi) is 5.96. The van der Waals surface area contributed by atoms with Crippen LogP contribution in [0, 0.1) is 29.9 Å². The second kappa shape index (κ2) is 8.98. The molecule has 2 N–H and O–H groups in total. The molecule has 3 atom stereocenters. The average Bonchev–Trinajstić information content (AvgIpc) is 3.35. The molecule has 0 spiro atoms. The van der Waals surface area contributed by atoms with E-state index in [2.05, 4.69) is 22.2 Å². The van der Waals surface area contributed by atoms with Crippen molar-refractivity contribution in [1.82, 2.24) is 0 Å². The van der Waals surface area contributed by atoms with E-state index < -0.39 is 14.9 Å². The maximum Gasteiger partial charge on any atom is 0.311 e. The Morgan fingerprint density at radius 1 is 1.08 bits per heavy atom. The minimum Gasteiger partial charge on any atom is -0.490 e. The molecular weight excluding hydrogens is 478 g/mol. The number of hydrogen-bond donors (Lipinski definition) is 2. The van der Waals surface area contributed by atoms with Crippen LogP contribution < -0.4 is 14.8 Å². The largest absolute Gasteiger partial charge is 0.490 e. The summed E-state index contributed by atoms with van der Waals surface area (Å²) in [7, 11) is -2.39. The molecule has 186 valence electrons. The zero-order chi connectivity index (χ0) is 25.6. The number of nitrogens with one attached hydrogen (secondary N) is 2. The van der Waals surface area contributed by atoms with Crippen LogP contribution in [-0.4, -0.2) is 20.5 Å². The third-order valence-electron chi connectivity index (χ3n) is 7.12. The van der Waals surface area contributed by atoms with Gasteiger partial charge in [0, 0.05) is 17.7 Å². The average molecular weight is 506 g/mol. The fraction of sp³-hybridized carbons (Fsp3) is 0.259. The van der Waals surface area contributed by atoms with Crippen molar-refractivity contribution in [1.29, 1.82) is 0 Å². The third-order valence-corrected chi connectivity index (χ3v) is 8.47. The smallest absolute Gasteiger partial charge is 0.311 e. The van der Waals surface area contributed by atoms with Crippen LogP contribution >= 0.6 is 0 Å². The summed E-state index contributed by atoms with van der Waals surface area (Å²) < 4.78 is 34.5. The Balaban J connectivity index is 1.51. The van der Waals surface area contributed by atoms with E-state index in [-0.39, 0.29) is 34.2 Å². The molecule has 1 heterocycles. The Labute approximate surface area is 210 Å². The molecule has 9 heteroatoms. The molecule has 3 aromatic rings. The van der Waals surface area contributed by atoms with E-state index in [0.717, 1.165) is 34.4 Å². The number of nitrogens with zero attached hydrogens (tertiary/aromatic N) is 1. The van der Waals surface area contributed by atoms with Gasteiger partial charge in [-0.25, -0.2) is 8.42 Å². The van der Waals surface area contributed by atoms with Gasteiger partial charge in [0.15, 0.2) is 5.75 Å². The second-order valence-corrected chi connectivity index (χ2v) is 11.0. The van der Waals surface area contributed by atoms with Gasteiger partial charge in [-0.15, -0.1) is 0 Å². The molecule has 0 aromatic heterocycles. The number of anilines is 2. The van der Waals surface area contributed by atoms with Gasteiger partial charge in [-0.1, -0.05) is 36.4 Å². The monoisotopic (exact) mass is 505 g/mol. The molecule has 3 aromatic carbocycles. The molecular formula is C27H27N3O5S. The molecule has 0 saturated carbocycles. The molecule has 1 aliphatic heterocycles. The Bertz CT molecular complexity index is 1480. The summed E-state index contributed by atoms with van der Waals surface area (Å²) in [5.74, 6) is 0.296. The number of hydrogen-bond acceptors (Lipinski definition) is 6. The van der Waals surface area contributed by atoms with E-state index in [1.807, 2.05) is 38.1 Å². The number of benzene rings is 3. The van der Waals surface area contributed by atoms with Gasteiger partial charge < -0.3 is 10.1 Å². The van der Waals surface area contributed by atoms with Gasteiger partial charge in [-0.05, 0) is 72.7 Å². The van der Waals surface area contributed by atoms with Crippen molar-refractivity contribution >= 4 is 27.1 Å². The highest BCUT2D eigenvalue weighted by Crippen LogP contribution is 2.51. The van der Waals surface area contributed by atoms with Gasteiger partial charge in [0.2, 0.25) is 0 Å². The van der Waals surface area contributed by atoms with Crippen LogP contribution in [-0.2, 0) is 10.0 Å². The van der Waals surface area contributed by atoms with E-state index >= 15 is 0 Å².